The summed E-state index contributed by atoms with van der Waals surface area (Å²) in [6.45, 7) is 3.59. The highest BCUT2D eigenvalue weighted by Gasteiger charge is 2.11. The normalized spacial score (nSPS) is 18.6. The Morgan fingerprint density at radius 3 is 2.86 bits per heavy atom. The summed E-state index contributed by atoms with van der Waals surface area (Å²) in [5.41, 5.74) is 5.86. The number of aliphatic imine (C=N–C) groups is 1. The summed E-state index contributed by atoms with van der Waals surface area (Å²) < 4.78 is 4.94. The van der Waals surface area contributed by atoms with Crippen molar-refractivity contribution >= 4 is 17.7 Å². The first-order valence-electron chi connectivity index (χ1n) is 4.96. The molecule has 0 unspecified atom stereocenters. The van der Waals surface area contributed by atoms with Gasteiger partial charge >= 0.3 is 0 Å². The number of hydrogen-bond acceptors (Lipinski definition) is 3. The third kappa shape index (κ3) is 4.19. The molecule has 0 radical (unpaired) electrons. The molecule has 1 rings (SSSR count). The SMILES string of the molecule is COCCCN=C(N)N1CCSCC1. The summed E-state index contributed by atoms with van der Waals surface area (Å²) in [6.07, 6.45) is 0.944. The van der Waals surface area contributed by atoms with Gasteiger partial charge in [-0.25, -0.2) is 0 Å². The number of ether oxygens (including phenoxy) is 1. The zero-order valence-corrected chi connectivity index (χ0v) is 9.55. The molecule has 0 bridgehead atoms. The maximum Gasteiger partial charge on any atom is 0.191 e. The van der Waals surface area contributed by atoms with E-state index in [0.717, 1.165) is 44.2 Å². The van der Waals surface area contributed by atoms with Crippen molar-refractivity contribution in [2.75, 3.05) is 44.9 Å². The monoisotopic (exact) mass is 217 g/mol. The van der Waals surface area contributed by atoms with Gasteiger partial charge in [0.15, 0.2) is 5.96 Å². The maximum atomic E-state index is 5.86. The van der Waals surface area contributed by atoms with E-state index in [1.54, 1.807) is 7.11 Å². The summed E-state index contributed by atoms with van der Waals surface area (Å²) in [5.74, 6) is 3.02. The van der Waals surface area contributed by atoms with Crippen LogP contribution in [0.15, 0.2) is 4.99 Å². The van der Waals surface area contributed by atoms with Crippen LogP contribution in [0, 0.1) is 0 Å². The van der Waals surface area contributed by atoms with Crippen molar-refractivity contribution in [3.8, 4) is 0 Å². The number of thioether (sulfide) groups is 1. The van der Waals surface area contributed by atoms with Gasteiger partial charge < -0.3 is 15.4 Å². The van der Waals surface area contributed by atoms with Gasteiger partial charge in [0.1, 0.15) is 0 Å². The fourth-order valence-corrected chi connectivity index (χ4v) is 2.20. The first kappa shape index (κ1) is 11.7. The summed E-state index contributed by atoms with van der Waals surface area (Å²) in [4.78, 5) is 6.47. The number of nitrogens with zero attached hydrogens (tertiary/aromatic N) is 2. The van der Waals surface area contributed by atoms with E-state index in [-0.39, 0.29) is 0 Å². The molecule has 0 aromatic heterocycles. The lowest BCUT2D eigenvalue weighted by Gasteiger charge is -2.27. The molecule has 1 fully saturated rings. The number of nitrogens with two attached hydrogens (primary N) is 1. The summed E-state index contributed by atoms with van der Waals surface area (Å²) in [6, 6.07) is 0. The zero-order valence-electron chi connectivity index (χ0n) is 8.74. The summed E-state index contributed by atoms with van der Waals surface area (Å²) in [5, 5.41) is 0. The molecule has 5 heteroatoms. The van der Waals surface area contributed by atoms with Crippen LogP contribution in [0.25, 0.3) is 0 Å². The smallest absolute Gasteiger partial charge is 0.191 e. The van der Waals surface area contributed by atoms with Crippen LogP contribution >= 0.6 is 11.8 Å². The van der Waals surface area contributed by atoms with Crippen LogP contribution < -0.4 is 5.73 Å². The lowest BCUT2D eigenvalue weighted by atomic mass is 10.4. The minimum atomic E-state index is 0.696. The largest absolute Gasteiger partial charge is 0.385 e. The second kappa shape index (κ2) is 6.95. The van der Waals surface area contributed by atoms with Crippen LogP contribution in [-0.2, 0) is 4.74 Å². The van der Waals surface area contributed by atoms with Gasteiger partial charge in [-0.2, -0.15) is 11.8 Å². The van der Waals surface area contributed by atoms with Crippen molar-refractivity contribution in [1.82, 2.24) is 4.90 Å². The van der Waals surface area contributed by atoms with Crippen LogP contribution in [0.2, 0.25) is 0 Å². The van der Waals surface area contributed by atoms with E-state index < -0.39 is 0 Å². The van der Waals surface area contributed by atoms with E-state index in [1.165, 1.54) is 0 Å². The first-order chi connectivity index (χ1) is 6.84. The zero-order chi connectivity index (χ0) is 10.2. The standard InChI is InChI=1S/C9H19N3OS/c1-13-6-2-3-11-9(10)12-4-7-14-8-5-12/h2-8H2,1H3,(H2,10,11). The van der Waals surface area contributed by atoms with Gasteiger partial charge in [-0.3, -0.25) is 4.99 Å². The van der Waals surface area contributed by atoms with Crippen LogP contribution in [0.3, 0.4) is 0 Å². The van der Waals surface area contributed by atoms with Crippen molar-refractivity contribution in [3.63, 3.8) is 0 Å². The molecule has 4 nitrogen and oxygen atoms in total. The van der Waals surface area contributed by atoms with Gasteiger partial charge in [-0.1, -0.05) is 0 Å². The van der Waals surface area contributed by atoms with Crippen molar-refractivity contribution < 1.29 is 4.74 Å². The van der Waals surface area contributed by atoms with Gasteiger partial charge in [-0.15, -0.1) is 0 Å². The third-order valence-corrected chi connectivity index (χ3v) is 3.06. The molecule has 0 atom stereocenters. The summed E-state index contributed by atoms with van der Waals surface area (Å²) in [7, 11) is 1.70. The minimum absolute atomic E-state index is 0.696. The molecule has 82 valence electrons. The van der Waals surface area contributed by atoms with E-state index >= 15 is 0 Å². The Labute approximate surface area is 89.9 Å². The predicted molar refractivity (Wildman–Crippen MR) is 61.9 cm³/mol. The highest BCUT2D eigenvalue weighted by Crippen LogP contribution is 2.08. The van der Waals surface area contributed by atoms with Gasteiger partial charge in [0.05, 0.1) is 0 Å². The molecule has 0 aromatic rings. The van der Waals surface area contributed by atoms with Crippen LogP contribution in [0.1, 0.15) is 6.42 Å². The molecule has 0 aliphatic carbocycles. The van der Waals surface area contributed by atoms with E-state index in [0.29, 0.717) is 5.96 Å². The number of guanidine groups is 1. The van der Waals surface area contributed by atoms with Crippen molar-refractivity contribution in [2.45, 2.75) is 6.42 Å². The average molecular weight is 217 g/mol. The van der Waals surface area contributed by atoms with Crippen molar-refractivity contribution in [1.29, 1.82) is 0 Å². The molecule has 14 heavy (non-hydrogen) atoms. The molecular weight excluding hydrogens is 198 g/mol. The quantitative estimate of drug-likeness (QED) is 0.420. The van der Waals surface area contributed by atoms with E-state index in [2.05, 4.69) is 9.89 Å². The lowest BCUT2D eigenvalue weighted by molar-refractivity contribution is 0.197. The van der Waals surface area contributed by atoms with E-state index in [9.17, 15) is 0 Å². The minimum Gasteiger partial charge on any atom is -0.385 e. The van der Waals surface area contributed by atoms with E-state index in [1.807, 2.05) is 11.8 Å². The molecule has 1 aliphatic heterocycles. The molecule has 2 N–H and O–H groups in total. The van der Waals surface area contributed by atoms with Gasteiger partial charge in [0.25, 0.3) is 0 Å². The number of methoxy groups -OCH3 is 1. The topological polar surface area (TPSA) is 50.9 Å². The molecular formula is C9H19N3OS. The third-order valence-electron chi connectivity index (χ3n) is 2.12. The molecule has 1 saturated heterocycles. The van der Waals surface area contributed by atoms with Crippen molar-refractivity contribution in [3.05, 3.63) is 0 Å². The Morgan fingerprint density at radius 1 is 1.50 bits per heavy atom. The van der Waals surface area contributed by atoms with Gasteiger partial charge in [0, 0.05) is 44.9 Å². The molecule has 1 heterocycles. The highest BCUT2D eigenvalue weighted by molar-refractivity contribution is 7.99. The fraction of sp³-hybridized carbons (Fsp3) is 0.889. The predicted octanol–water partition coefficient (Wildman–Crippen LogP) is 0.386. The Kier molecular flexibility index (Phi) is 5.78. The van der Waals surface area contributed by atoms with Crippen LogP contribution in [-0.4, -0.2) is 55.7 Å². The lowest BCUT2D eigenvalue weighted by Crippen LogP contribution is -2.42. The number of hydrogen-bond donors (Lipinski definition) is 1. The second-order valence-electron chi connectivity index (χ2n) is 3.19. The van der Waals surface area contributed by atoms with Crippen molar-refractivity contribution in [2.24, 2.45) is 10.7 Å². The fourth-order valence-electron chi connectivity index (χ4n) is 1.29. The first-order valence-corrected chi connectivity index (χ1v) is 6.11. The molecule has 0 amide bonds. The highest BCUT2D eigenvalue weighted by atomic mass is 32.2. The van der Waals surface area contributed by atoms with E-state index in [4.69, 9.17) is 10.5 Å². The maximum absolute atomic E-state index is 5.86. The average Bonchev–Trinajstić information content (AvgIpc) is 2.25. The van der Waals surface area contributed by atoms with Gasteiger partial charge in [0.2, 0.25) is 0 Å². The molecule has 0 spiro atoms. The number of rotatable bonds is 4. The van der Waals surface area contributed by atoms with Crippen LogP contribution in [0.4, 0.5) is 0 Å². The van der Waals surface area contributed by atoms with Crippen LogP contribution in [0.5, 0.6) is 0 Å². The molecule has 0 aromatic carbocycles. The summed E-state index contributed by atoms with van der Waals surface area (Å²) >= 11 is 1.98. The molecule has 0 saturated carbocycles. The van der Waals surface area contributed by atoms with Gasteiger partial charge in [-0.05, 0) is 6.42 Å². The Balaban J connectivity index is 2.20. The Hall–Kier alpha value is -0.420. The Morgan fingerprint density at radius 2 is 2.21 bits per heavy atom. The Bertz CT molecular complexity index is 181. The molecule has 1 aliphatic rings. The second-order valence-corrected chi connectivity index (χ2v) is 4.41.